The molecule has 0 aliphatic heterocycles. The fraction of sp³-hybridized carbons (Fsp3) is 0.167. The van der Waals surface area contributed by atoms with E-state index in [1.54, 1.807) is 0 Å². The van der Waals surface area contributed by atoms with Gasteiger partial charge in [-0.05, 0) is 44.0 Å². The van der Waals surface area contributed by atoms with Crippen molar-refractivity contribution in [2.45, 2.75) is 6.10 Å². The van der Waals surface area contributed by atoms with Crippen LogP contribution in [0.3, 0.4) is 0 Å². The number of rotatable bonds is 4. The van der Waals surface area contributed by atoms with E-state index in [0.29, 0.717) is 16.8 Å². The van der Waals surface area contributed by atoms with E-state index in [1.807, 2.05) is 11.4 Å². The Morgan fingerprint density at radius 2 is 2.11 bits per heavy atom. The molecule has 2 aromatic rings. The Balaban J connectivity index is 2.26. The van der Waals surface area contributed by atoms with Gasteiger partial charge >= 0.3 is 0 Å². The number of ether oxygens (including phenoxy) is 1. The summed E-state index contributed by atoms with van der Waals surface area (Å²) in [5.41, 5.74) is 5.71. The standard InChI is InChI=1S/C12H9Br2ClFNOS/c13-6-1-12(19-5-6)11(4-17)18-10-3-9(16)8(15)2-7(10)14/h1-3,5,11H,4,17H2. The Bertz CT molecular complexity index is 593. The minimum atomic E-state index is -0.525. The summed E-state index contributed by atoms with van der Waals surface area (Å²) in [5, 5.41) is 1.99. The molecule has 1 heterocycles. The first kappa shape index (κ1) is 15.3. The van der Waals surface area contributed by atoms with Crippen LogP contribution in [0.4, 0.5) is 4.39 Å². The van der Waals surface area contributed by atoms with Crippen LogP contribution in [0.15, 0.2) is 32.5 Å². The third kappa shape index (κ3) is 3.70. The zero-order chi connectivity index (χ0) is 14.0. The Hall–Kier alpha value is -0.140. The normalized spacial score (nSPS) is 12.5. The summed E-state index contributed by atoms with van der Waals surface area (Å²) in [5.74, 6) is -0.148. The number of benzene rings is 1. The molecule has 1 aromatic carbocycles. The molecule has 0 aliphatic rings. The molecular weight excluding hydrogens is 420 g/mol. The fourth-order valence-electron chi connectivity index (χ4n) is 1.47. The smallest absolute Gasteiger partial charge is 0.145 e. The van der Waals surface area contributed by atoms with Gasteiger partial charge in [-0.15, -0.1) is 11.3 Å². The van der Waals surface area contributed by atoms with E-state index in [2.05, 4.69) is 31.9 Å². The van der Waals surface area contributed by atoms with Gasteiger partial charge in [-0.2, -0.15) is 0 Å². The molecule has 102 valence electrons. The molecule has 0 spiro atoms. The van der Waals surface area contributed by atoms with Crippen molar-refractivity contribution in [1.82, 2.24) is 0 Å². The van der Waals surface area contributed by atoms with Crippen LogP contribution in [0.1, 0.15) is 11.0 Å². The van der Waals surface area contributed by atoms with E-state index < -0.39 is 5.82 Å². The maximum absolute atomic E-state index is 13.5. The molecule has 0 aliphatic carbocycles. The lowest BCUT2D eigenvalue weighted by Gasteiger charge is -2.17. The van der Waals surface area contributed by atoms with E-state index in [9.17, 15) is 4.39 Å². The zero-order valence-electron chi connectivity index (χ0n) is 9.50. The number of hydrogen-bond donors (Lipinski definition) is 1. The van der Waals surface area contributed by atoms with Gasteiger partial charge in [0.1, 0.15) is 17.7 Å². The lowest BCUT2D eigenvalue weighted by Crippen LogP contribution is -2.17. The third-order valence-corrected chi connectivity index (χ3v) is 5.06. The quantitative estimate of drug-likeness (QED) is 0.683. The SMILES string of the molecule is NCC(Oc1cc(F)c(Cl)cc1Br)c1cc(Br)cs1. The highest BCUT2D eigenvalue weighted by molar-refractivity contribution is 9.10. The Morgan fingerprint density at radius 1 is 1.37 bits per heavy atom. The van der Waals surface area contributed by atoms with Gasteiger partial charge in [0.2, 0.25) is 0 Å². The third-order valence-electron chi connectivity index (χ3n) is 2.36. The number of halogens is 4. The molecular formula is C12H9Br2ClFNOS. The van der Waals surface area contributed by atoms with E-state index in [-0.39, 0.29) is 11.1 Å². The maximum Gasteiger partial charge on any atom is 0.145 e. The van der Waals surface area contributed by atoms with E-state index >= 15 is 0 Å². The molecule has 19 heavy (non-hydrogen) atoms. The second kappa shape index (κ2) is 6.54. The van der Waals surface area contributed by atoms with Gasteiger partial charge in [-0.25, -0.2) is 4.39 Å². The first-order valence-electron chi connectivity index (χ1n) is 5.26. The van der Waals surface area contributed by atoms with Crippen molar-refractivity contribution in [3.05, 3.63) is 48.2 Å². The molecule has 2 nitrogen and oxygen atoms in total. The summed E-state index contributed by atoms with van der Waals surface area (Å²) in [7, 11) is 0. The van der Waals surface area contributed by atoms with Gasteiger partial charge in [-0.1, -0.05) is 11.6 Å². The highest BCUT2D eigenvalue weighted by Crippen LogP contribution is 2.35. The summed E-state index contributed by atoms with van der Waals surface area (Å²) < 4.78 is 20.8. The Morgan fingerprint density at radius 3 is 2.68 bits per heavy atom. The molecule has 0 saturated carbocycles. The number of thiophene rings is 1. The molecule has 1 unspecified atom stereocenters. The van der Waals surface area contributed by atoms with Crippen LogP contribution in [0.5, 0.6) is 5.75 Å². The molecule has 2 N–H and O–H groups in total. The van der Waals surface area contributed by atoms with Crippen molar-refractivity contribution in [3.63, 3.8) is 0 Å². The van der Waals surface area contributed by atoms with Crippen LogP contribution in [0.25, 0.3) is 0 Å². The van der Waals surface area contributed by atoms with E-state index in [1.165, 1.54) is 23.5 Å². The van der Waals surface area contributed by atoms with Gasteiger partial charge in [0, 0.05) is 27.3 Å². The summed E-state index contributed by atoms with van der Waals surface area (Å²) in [6.45, 7) is 0.295. The van der Waals surface area contributed by atoms with Gasteiger partial charge in [-0.3, -0.25) is 0 Å². The monoisotopic (exact) mass is 427 g/mol. The van der Waals surface area contributed by atoms with Crippen molar-refractivity contribution in [2.24, 2.45) is 5.73 Å². The lowest BCUT2D eigenvalue weighted by molar-refractivity contribution is 0.215. The first-order chi connectivity index (χ1) is 9.01. The minimum absolute atomic E-state index is 0.0439. The van der Waals surface area contributed by atoms with Gasteiger partial charge < -0.3 is 10.5 Å². The average molecular weight is 430 g/mol. The van der Waals surface area contributed by atoms with Gasteiger partial charge in [0.15, 0.2) is 0 Å². The van der Waals surface area contributed by atoms with Crippen molar-refractivity contribution < 1.29 is 9.13 Å². The Kier molecular flexibility index (Phi) is 5.25. The highest BCUT2D eigenvalue weighted by Gasteiger charge is 2.17. The molecule has 0 fully saturated rings. The molecule has 0 radical (unpaired) electrons. The summed E-state index contributed by atoms with van der Waals surface area (Å²) in [6, 6.07) is 4.64. The molecule has 0 amide bonds. The molecule has 2 rings (SSSR count). The lowest BCUT2D eigenvalue weighted by atomic mass is 10.2. The van der Waals surface area contributed by atoms with Crippen molar-refractivity contribution in [2.75, 3.05) is 6.54 Å². The van der Waals surface area contributed by atoms with Crippen molar-refractivity contribution >= 4 is 54.8 Å². The fourth-order valence-corrected chi connectivity index (χ4v) is 3.69. The van der Waals surface area contributed by atoms with Crippen LogP contribution < -0.4 is 10.5 Å². The largest absolute Gasteiger partial charge is 0.482 e. The first-order valence-corrected chi connectivity index (χ1v) is 8.11. The summed E-state index contributed by atoms with van der Waals surface area (Å²) in [4.78, 5) is 0.969. The van der Waals surface area contributed by atoms with E-state index in [0.717, 1.165) is 9.35 Å². The summed E-state index contributed by atoms with van der Waals surface area (Å²) >= 11 is 13.9. The highest BCUT2D eigenvalue weighted by atomic mass is 79.9. The van der Waals surface area contributed by atoms with Crippen LogP contribution in [0.2, 0.25) is 5.02 Å². The molecule has 1 aromatic heterocycles. The van der Waals surface area contributed by atoms with E-state index in [4.69, 9.17) is 22.1 Å². The van der Waals surface area contributed by atoms with Crippen LogP contribution >= 0.6 is 54.8 Å². The number of hydrogen-bond acceptors (Lipinski definition) is 3. The van der Waals surface area contributed by atoms with Crippen molar-refractivity contribution in [1.29, 1.82) is 0 Å². The van der Waals surface area contributed by atoms with Crippen LogP contribution in [-0.4, -0.2) is 6.54 Å². The zero-order valence-corrected chi connectivity index (χ0v) is 14.2. The second-order valence-corrected chi connectivity index (χ2v) is 6.83. The average Bonchev–Trinajstić information content (AvgIpc) is 2.78. The second-order valence-electron chi connectivity index (χ2n) is 3.71. The Labute approximate surface area is 136 Å². The van der Waals surface area contributed by atoms with Gasteiger partial charge in [0.25, 0.3) is 0 Å². The minimum Gasteiger partial charge on any atom is -0.482 e. The van der Waals surface area contributed by atoms with Crippen molar-refractivity contribution in [3.8, 4) is 5.75 Å². The molecule has 7 heteroatoms. The number of nitrogens with two attached hydrogens (primary N) is 1. The summed E-state index contributed by atoms with van der Waals surface area (Å²) in [6.07, 6.45) is -0.326. The van der Waals surface area contributed by atoms with Gasteiger partial charge in [0.05, 0.1) is 9.50 Å². The molecule has 0 saturated heterocycles. The van der Waals surface area contributed by atoms with Crippen LogP contribution in [-0.2, 0) is 0 Å². The predicted octanol–water partition coefficient (Wildman–Crippen LogP) is 5.14. The topological polar surface area (TPSA) is 35.2 Å². The maximum atomic E-state index is 13.5. The predicted molar refractivity (Wildman–Crippen MR) is 83.6 cm³/mol. The van der Waals surface area contributed by atoms with Crippen LogP contribution in [0, 0.1) is 5.82 Å². The molecule has 1 atom stereocenters. The molecule has 0 bridgehead atoms.